The first kappa shape index (κ1) is 24.2. The zero-order valence-corrected chi connectivity index (χ0v) is 20.4. The third-order valence-corrected chi connectivity index (χ3v) is 8.10. The summed E-state index contributed by atoms with van der Waals surface area (Å²) in [5.74, 6) is -0.307. The van der Waals surface area contributed by atoms with Gasteiger partial charge in [-0.25, -0.2) is 8.42 Å². The molecule has 34 heavy (non-hydrogen) atoms. The van der Waals surface area contributed by atoms with Gasteiger partial charge in [-0.05, 0) is 38.0 Å². The van der Waals surface area contributed by atoms with E-state index in [-0.39, 0.29) is 29.9 Å². The number of sulfone groups is 1. The number of para-hydroxylation sites is 1. The van der Waals surface area contributed by atoms with Gasteiger partial charge in [0.25, 0.3) is 11.8 Å². The van der Waals surface area contributed by atoms with Crippen molar-refractivity contribution in [2.75, 3.05) is 43.0 Å². The number of benzene rings is 1. The van der Waals surface area contributed by atoms with E-state index in [1.807, 2.05) is 43.0 Å². The Morgan fingerprint density at radius 3 is 2.59 bits per heavy atom. The molecular weight excluding hydrogens is 456 g/mol. The molecule has 1 saturated heterocycles. The van der Waals surface area contributed by atoms with Crippen LogP contribution < -0.4 is 10.6 Å². The van der Waals surface area contributed by atoms with Crippen molar-refractivity contribution in [3.63, 3.8) is 0 Å². The van der Waals surface area contributed by atoms with Crippen LogP contribution in [0.5, 0.6) is 0 Å². The predicted molar refractivity (Wildman–Crippen MR) is 131 cm³/mol. The van der Waals surface area contributed by atoms with Crippen LogP contribution in [0.2, 0.25) is 0 Å². The number of aromatic amines is 1. The number of anilines is 1. The molecule has 4 N–H and O–H groups in total. The monoisotopic (exact) mass is 486 g/mol. The second-order valence-electron chi connectivity index (χ2n) is 8.94. The van der Waals surface area contributed by atoms with E-state index in [2.05, 4.69) is 15.6 Å². The number of aromatic nitrogens is 1. The lowest BCUT2D eigenvalue weighted by atomic mass is 9.97. The maximum Gasteiger partial charge on any atom is 0.256 e. The molecule has 9 nitrogen and oxygen atoms in total. The van der Waals surface area contributed by atoms with E-state index >= 15 is 0 Å². The van der Waals surface area contributed by atoms with E-state index in [0.717, 1.165) is 28.1 Å². The zero-order chi connectivity index (χ0) is 24.6. The summed E-state index contributed by atoms with van der Waals surface area (Å²) in [6.07, 6.45) is -0.814. The molecule has 2 aliphatic heterocycles. The third-order valence-electron chi connectivity index (χ3n) is 6.49. The Bertz CT molecular complexity index is 1260. The molecule has 0 aliphatic carbocycles. The van der Waals surface area contributed by atoms with Crippen molar-refractivity contribution in [1.29, 1.82) is 0 Å². The minimum atomic E-state index is -2.98. The van der Waals surface area contributed by atoms with Gasteiger partial charge in [-0.2, -0.15) is 0 Å². The number of hydrogen-bond acceptors (Lipinski definition) is 6. The van der Waals surface area contributed by atoms with Crippen LogP contribution in [0, 0.1) is 13.8 Å². The fourth-order valence-electron chi connectivity index (χ4n) is 4.67. The van der Waals surface area contributed by atoms with Gasteiger partial charge in [-0.1, -0.05) is 18.2 Å². The van der Waals surface area contributed by atoms with Crippen molar-refractivity contribution in [3.8, 4) is 0 Å². The number of hydrogen-bond donors (Lipinski definition) is 4. The van der Waals surface area contributed by atoms with Crippen molar-refractivity contribution in [1.82, 2.24) is 15.2 Å². The number of carbonyl (C=O) groups is 2. The number of fused-ring (bicyclic) bond motifs is 1. The van der Waals surface area contributed by atoms with Crippen LogP contribution in [0.4, 0.5) is 5.69 Å². The normalized spacial score (nSPS) is 19.9. The smallest absolute Gasteiger partial charge is 0.256 e. The Morgan fingerprint density at radius 1 is 1.21 bits per heavy atom. The Morgan fingerprint density at radius 2 is 1.88 bits per heavy atom. The summed E-state index contributed by atoms with van der Waals surface area (Å²) in [4.78, 5) is 30.7. The lowest BCUT2D eigenvalue weighted by Crippen LogP contribution is -2.46. The number of H-pyrrole nitrogens is 1. The topological polar surface area (TPSA) is 132 Å². The number of aliphatic hydroxyl groups is 1. The van der Waals surface area contributed by atoms with Gasteiger partial charge in [0.05, 0.1) is 28.7 Å². The van der Waals surface area contributed by atoms with Crippen LogP contribution in [0.3, 0.4) is 0 Å². The summed E-state index contributed by atoms with van der Waals surface area (Å²) >= 11 is 0. The number of nitrogens with zero attached hydrogens (tertiary/aromatic N) is 1. The van der Waals surface area contributed by atoms with Gasteiger partial charge in [0.1, 0.15) is 0 Å². The van der Waals surface area contributed by atoms with E-state index in [4.69, 9.17) is 0 Å². The molecule has 182 valence electrons. The molecule has 0 bridgehead atoms. The van der Waals surface area contributed by atoms with Gasteiger partial charge < -0.3 is 20.7 Å². The number of aliphatic hydroxyl groups excluding tert-OH is 1. The molecule has 1 aromatic carbocycles. The lowest BCUT2D eigenvalue weighted by Gasteiger charge is -2.28. The summed E-state index contributed by atoms with van der Waals surface area (Å²) < 4.78 is 23.1. The number of nitrogens with one attached hydrogen (secondary N) is 3. The Balaban J connectivity index is 1.46. The van der Waals surface area contributed by atoms with Crippen LogP contribution in [0.15, 0.2) is 24.3 Å². The molecular formula is C24H30N4O5S. The van der Waals surface area contributed by atoms with Crippen LogP contribution in [0.25, 0.3) is 11.1 Å². The SMILES string of the molecule is C/C(=C1/C(=O)Nc2ccccc21)c1[nH]c(C)c(C(=O)NCC(O)CN2CCS(=O)(=O)CC2)c1C. The number of carbonyl (C=O) groups excluding carboxylic acids is 2. The van der Waals surface area contributed by atoms with Gasteiger partial charge in [0.2, 0.25) is 0 Å². The van der Waals surface area contributed by atoms with Gasteiger partial charge in [-0.15, -0.1) is 0 Å². The highest BCUT2D eigenvalue weighted by molar-refractivity contribution is 7.91. The van der Waals surface area contributed by atoms with Gasteiger partial charge in [0.15, 0.2) is 9.84 Å². The molecule has 1 aromatic heterocycles. The first-order valence-corrected chi connectivity index (χ1v) is 13.1. The first-order chi connectivity index (χ1) is 16.1. The van der Waals surface area contributed by atoms with Crippen molar-refractivity contribution >= 4 is 38.5 Å². The molecule has 2 aliphatic rings. The molecule has 2 amide bonds. The van der Waals surface area contributed by atoms with E-state index in [0.29, 0.717) is 36.5 Å². The number of amides is 2. The van der Waals surface area contributed by atoms with Crippen LogP contribution in [0.1, 0.15) is 39.8 Å². The molecule has 0 spiro atoms. The van der Waals surface area contributed by atoms with Crippen LogP contribution in [-0.4, -0.2) is 79.0 Å². The molecule has 2 aromatic rings. The molecule has 4 rings (SSSR count). The molecule has 1 unspecified atom stereocenters. The fraction of sp³-hybridized carbons (Fsp3) is 0.417. The van der Waals surface area contributed by atoms with Crippen LogP contribution in [-0.2, 0) is 14.6 Å². The Labute approximate surface area is 199 Å². The maximum absolute atomic E-state index is 13.0. The quantitative estimate of drug-likeness (QED) is 0.456. The molecule has 1 atom stereocenters. The molecule has 0 saturated carbocycles. The van der Waals surface area contributed by atoms with Crippen LogP contribution >= 0.6 is 0 Å². The third kappa shape index (κ3) is 4.79. The number of aryl methyl sites for hydroxylation is 1. The zero-order valence-electron chi connectivity index (χ0n) is 19.6. The second-order valence-corrected chi connectivity index (χ2v) is 11.2. The predicted octanol–water partition coefficient (Wildman–Crippen LogP) is 1.34. The summed E-state index contributed by atoms with van der Waals surface area (Å²) in [6, 6.07) is 7.50. The molecule has 10 heteroatoms. The summed E-state index contributed by atoms with van der Waals surface area (Å²) in [6.45, 7) is 6.62. The van der Waals surface area contributed by atoms with E-state index < -0.39 is 15.9 Å². The van der Waals surface area contributed by atoms with Gasteiger partial charge >= 0.3 is 0 Å². The molecule has 0 radical (unpaired) electrons. The molecule has 3 heterocycles. The average molecular weight is 487 g/mol. The summed E-state index contributed by atoms with van der Waals surface area (Å²) in [7, 11) is -2.98. The standard InChI is InChI=1S/C24H30N4O5S/c1-14-20(23(30)25-12-17(29)13-28-8-10-34(32,33)11-9-28)16(3)26-22(14)15(2)21-18-6-4-5-7-19(18)27-24(21)31/h4-7,17,26,29H,8-13H2,1-3H3,(H,25,30)(H,27,31)/b21-15-. The van der Waals surface area contributed by atoms with E-state index in [1.165, 1.54) is 0 Å². The highest BCUT2D eigenvalue weighted by Gasteiger charge is 2.29. The minimum Gasteiger partial charge on any atom is -0.390 e. The fourth-order valence-corrected chi connectivity index (χ4v) is 5.95. The average Bonchev–Trinajstić information content (AvgIpc) is 3.28. The Hall–Kier alpha value is -2.95. The first-order valence-electron chi connectivity index (χ1n) is 11.3. The van der Waals surface area contributed by atoms with Crippen molar-refractivity contribution < 1.29 is 23.1 Å². The second kappa shape index (κ2) is 9.36. The van der Waals surface area contributed by atoms with E-state index in [1.54, 1.807) is 6.92 Å². The number of allylic oxidation sites excluding steroid dienone is 1. The number of β-amino-alcohol motifs (C(OH)–C–C–N with tert-alkyl or cyclic N) is 1. The minimum absolute atomic E-state index is 0.0529. The number of rotatable bonds is 6. The molecule has 1 fully saturated rings. The Kier molecular flexibility index (Phi) is 6.66. The van der Waals surface area contributed by atoms with Crippen molar-refractivity contribution in [2.24, 2.45) is 0 Å². The summed E-state index contributed by atoms with van der Waals surface area (Å²) in [5.41, 5.74) is 5.53. The van der Waals surface area contributed by atoms with Crippen molar-refractivity contribution in [2.45, 2.75) is 26.9 Å². The lowest BCUT2D eigenvalue weighted by molar-refractivity contribution is -0.110. The maximum atomic E-state index is 13.0. The largest absolute Gasteiger partial charge is 0.390 e. The van der Waals surface area contributed by atoms with E-state index in [9.17, 15) is 23.1 Å². The van der Waals surface area contributed by atoms with Gasteiger partial charge in [0, 0.05) is 48.8 Å². The summed E-state index contributed by atoms with van der Waals surface area (Å²) in [5, 5.41) is 16.0. The highest BCUT2D eigenvalue weighted by Crippen LogP contribution is 2.37. The van der Waals surface area contributed by atoms with Gasteiger partial charge in [-0.3, -0.25) is 14.5 Å². The van der Waals surface area contributed by atoms with Crippen molar-refractivity contribution in [3.05, 3.63) is 52.3 Å². The highest BCUT2D eigenvalue weighted by atomic mass is 32.2.